The molecule has 0 saturated carbocycles. The monoisotopic (exact) mass is 262 g/mol. The molecule has 19 heavy (non-hydrogen) atoms. The second-order valence-corrected chi connectivity index (χ2v) is 5.30. The third-order valence-corrected chi connectivity index (χ3v) is 3.77. The van der Waals surface area contributed by atoms with Gasteiger partial charge in [-0.15, -0.1) is 0 Å². The van der Waals surface area contributed by atoms with E-state index in [4.69, 9.17) is 0 Å². The van der Waals surface area contributed by atoms with Crippen molar-refractivity contribution in [2.75, 3.05) is 24.5 Å². The molecule has 0 radical (unpaired) electrons. The summed E-state index contributed by atoms with van der Waals surface area (Å²) in [6.07, 6.45) is 7.82. The molecular formula is C15H26N4. The Balaban J connectivity index is 2.01. The number of likely N-dealkylation sites (N-methyl/N-ethyl adjacent to an activating group) is 1. The molecule has 0 bridgehead atoms. The van der Waals surface area contributed by atoms with E-state index in [1.165, 1.54) is 19.3 Å². The maximum atomic E-state index is 4.45. The SMILES string of the molecule is CCCc1cc(N(CC)CC2CCCCN2)ncn1. The van der Waals surface area contributed by atoms with E-state index in [0.29, 0.717) is 6.04 Å². The first kappa shape index (κ1) is 14.3. The van der Waals surface area contributed by atoms with Gasteiger partial charge in [0.05, 0.1) is 0 Å². The molecule has 1 aromatic rings. The molecule has 1 unspecified atom stereocenters. The topological polar surface area (TPSA) is 41.0 Å². The fourth-order valence-electron chi connectivity index (χ4n) is 2.68. The van der Waals surface area contributed by atoms with E-state index in [9.17, 15) is 0 Å². The first-order valence-corrected chi connectivity index (χ1v) is 7.62. The van der Waals surface area contributed by atoms with Gasteiger partial charge in [-0.2, -0.15) is 0 Å². The van der Waals surface area contributed by atoms with Gasteiger partial charge in [0, 0.05) is 30.9 Å². The van der Waals surface area contributed by atoms with Gasteiger partial charge in [-0.05, 0) is 32.7 Å². The maximum Gasteiger partial charge on any atom is 0.132 e. The van der Waals surface area contributed by atoms with Crippen LogP contribution in [-0.2, 0) is 6.42 Å². The highest BCUT2D eigenvalue weighted by Gasteiger charge is 2.17. The van der Waals surface area contributed by atoms with Gasteiger partial charge < -0.3 is 10.2 Å². The molecule has 0 spiro atoms. The molecule has 1 saturated heterocycles. The number of aromatic nitrogens is 2. The van der Waals surface area contributed by atoms with Crippen LogP contribution in [0.5, 0.6) is 0 Å². The molecule has 4 nitrogen and oxygen atoms in total. The van der Waals surface area contributed by atoms with Gasteiger partial charge in [0.25, 0.3) is 0 Å². The summed E-state index contributed by atoms with van der Waals surface area (Å²) in [7, 11) is 0. The Hall–Kier alpha value is -1.16. The van der Waals surface area contributed by atoms with E-state index in [0.717, 1.165) is 44.0 Å². The Labute approximate surface area is 116 Å². The molecule has 2 rings (SSSR count). The highest BCUT2D eigenvalue weighted by atomic mass is 15.2. The van der Waals surface area contributed by atoms with Gasteiger partial charge in [-0.3, -0.25) is 0 Å². The second-order valence-electron chi connectivity index (χ2n) is 5.30. The third-order valence-electron chi connectivity index (χ3n) is 3.77. The Morgan fingerprint density at radius 3 is 2.89 bits per heavy atom. The van der Waals surface area contributed by atoms with Crippen molar-refractivity contribution < 1.29 is 0 Å². The highest BCUT2D eigenvalue weighted by Crippen LogP contribution is 2.15. The van der Waals surface area contributed by atoms with E-state index < -0.39 is 0 Å². The number of piperidine rings is 1. The van der Waals surface area contributed by atoms with Gasteiger partial charge in [0.1, 0.15) is 12.1 Å². The quantitative estimate of drug-likeness (QED) is 0.854. The van der Waals surface area contributed by atoms with Crippen LogP contribution in [0.15, 0.2) is 12.4 Å². The van der Waals surface area contributed by atoms with Crippen LogP contribution in [0.1, 0.15) is 45.2 Å². The second kappa shape index (κ2) is 7.43. The van der Waals surface area contributed by atoms with Crippen LogP contribution in [-0.4, -0.2) is 35.6 Å². The predicted molar refractivity (Wildman–Crippen MR) is 79.6 cm³/mol. The van der Waals surface area contributed by atoms with Crippen LogP contribution in [0, 0.1) is 0 Å². The lowest BCUT2D eigenvalue weighted by molar-refractivity contribution is 0.399. The fraction of sp³-hybridized carbons (Fsp3) is 0.733. The molecule has 1 aromatic heterocycles. The number of nitrogens with zero attached hydrogens (tertiary/aromatic N) is 3. The molecule has 1 N–H and O–H groups in total. The molecule has 0 aromatic carbocycles. The number of rotatable bonds is 6. The number of anilines is 1. The molecule has 4 heteroatoms. The first-order valence-electron chi connectivity index (χ1n) is 7.62. The van der Waals surface area contributed by atoms with Crippen molar-refractivity contribution in [1.29, 1.82) is 0 Å². The third kappa shape index (κ3) is 4.16. The minimum Gasteiger partial charge on any atom is -0.355 e. The average Bonchev–Trinajstić information content (AvgIpc) is 2.46. The van der Waals surface area contributed by atoms with E-state index in [2.05, 4.69) is 40.1 Å². The number of nitrogens with one attached hydrogen (secondary N) is 1. The average molecular weight is 262 g/mol. The first-order chi connectivity index (χ1) is 9.33. The smallest absolute Gasteiger partial charge is 0.132 e. The summed E-state index contributed by atoms with van der Waals surface area (Å²) in [5.41, 5.74) is 1.16. The van der Waals surface area contributed by atoms with E-state index >= 15 is 0 Å². The molecule has 1 atom stereocenters. The molecule has 1 aliphatic heterocycles. The number of hydrogen-bond donors (Lipinski definition) is 1. The highest BCUT2D eigenvalue weighted by molar-refractivity contribution is 5.39. The van der Waals surface area contributed by atoms with Crippen molar-refractivity contribution in [3.63, 3.8) is 0 Å². The van der Waals surface area contributed by atoms with Gasteiger partial charge in [0.2, 0.25) is 0 Å². The van der Waals surface area contributed by atoms with E-state index in [1.54, 1.807) is 6.33 Å². The van der Waals surface area contributed by atoms with Gasteiger partial charge in [0.15, 0.2) is 0 Å². The van der Waals surface area contributed by atoms with Crippen molar-refractivity contribution in [1.82, 2.24) is 15.3 Å². The zero-order chi connectivity index (χ0) is 13.5. The van der Waals surface area contributed by atoms with Crippen molar-refractivity contribution >= 4 is 5.82 Å². The summed E-state index contributed by atoms with van der Waals surface area (Å²) in [4.78, 5) is 11.1. The molecule has 0 amide bonds. The summed E-state index contributed by atoms with van der Waals surface area (Å²) in [6, 6.07) is 2.76. The van der Waals surface area contributed by atoms with Crippen LogP contribution < -0.4 is 10.2 Å². The standard InChI is InChI=1S/C15H26N4/c1-3-7-13-10-15(18-12-17-13)19(4-2)11-14-8-5-6-9-16-14/h10,12,14,16H,3-9,11H2,1-2H3. The number of aryl methyl sites for hydroxylation is 1. The predicted octanol–water partition coefficient (Wildman–Crippen LogP) is 2.40. The fourth-order valence-corrected chi connectivity index (χ4v) is 2.68. The summed E-state index contributed by atoms with van der Waals surface area (Å²) >= 11 is 0. The lowest BCUT2D eigenvalue weighted by atomic mass is 10.0. The van der Waals surface area contributed by atoms with Gasteiger partial charge >= 0.3 is 0 Å². The molecule has 0 aliphatic carbocycles. The zero-order valence-corrected chi connectivity index (χ0v) is 12.2. The Bertz CT molecular complexity index is 374. The van der Waals surface area contributed by atoms with Crippen molar-refractivity contribution in [2.45, 2.75) is 52.0 Å². The summed E-state index contributed by atoms with van der Waals surface area (Å²) in [6.45, 7) is 7.60. The van der Waals surface area contributed by atoms with E-state index in [-0.39, 0.29) is 0 Å². The normalized spacial score (nSPS) is 19.4. The minimum absolute atomic E-state index is 0.610. The van der Waals surface area contributed by atoms with Crippen LogP contribution in [0.3, 0.4) is 0 Å². The van der Waals surface area contributed by atoms with E-state index in [1.807, 2.05) is 0 Å². The Morgan fingerprint density at radius 1 is 1.32 bits per heavy atom. The zero-order valence-electron chi connectivity index (χ0n) is 12.2. The summed E-state index contributed by atoms with van der Waals surface area (Å²) in [5, 5.41) is 3.61. The molecule has 1 aliphatic rings. The van der Waals surface area contributed by atoms with Crippen molar-refractivity contribution in [3.05, 3.63) is 18.1 Å². The van der Waals surface area contributed by atoms with Crippen molar-refractivity contribution in [2.24, 2.45) is 0 Å². The summed E-state index contributed by atoms with van der Waals surface area (Å²) < 4.78 is 0. The van der Waals surface area contributed by atoms with Crippen LogP contribution in [0.2, 0.25) is 0 Å². The lowest BCUT2D eigenvalue weighted by Crippen LogP contribution is -2.44. The number of hydrogen-bond acceptors (Lipinski definition) is 4. The Morgan fingerprint density at radius 2 is 2.21 bits per heavy atom. The lowest BCUT2D eigenvalue weighted by Gasteiger charge is -2.30. The van der Waals surface area contributed by atoms with Crippen LogP contribution >= 0.6 is 0 Å². The summed E-state index contributed by atoms with van der Waals surface area (Å²) in [5.74, 6) is 1.08. The van der Waals surface area contributed by atoms with Crippen LogP contribution in [0.25, 0.3) is 0 Å². The molecule has 2 heterocycles. The van der Waals surface area contributed by atoms with Gasteiger partial charge in [-0.25, -0.2) is 9.97 Å². The molecule has 106 valence electrons. The van der Waals surface area contributed by atoms with Crippen molar-refractivity contribution in [3.8, 4) is 0 Å². The van der Waals surface area contributed by atoms with Crippen LogP contribution in [0.4, 0.5) is 5.82 Å². The molecular weight excluding hydrogens is 236 g/mol. The minimum atomic E-state index is 0.610. The largest absolute Gasteiger partial charge is 0.355 e. The molecule has 1 fully saturated rings. The Kier molecular flexibility index (Phi) is 5.58. The maximum absolute atomic E-state index is 4.45. The van der Waals surface area contributed by atoms with Gasteiger partial charge in [-0.1, -0.05) is 19.8 Å².